The summed E-state index contributed by atoms with van der Waals surface area (Å²) < 4.78 is 0. The van der Waals surface area contributed by atoms with Crippen LogP contribution in [0.2, 0.25) is 0 Å². The fraction of sp³-hybridized carbons (Fsp3) is 0.579. The normalized spacial score (nSPS) is 36.4. The molecule has 0 unspecified atom stereocenters. The number of ketones is 1. The number of rotatable bonds is 1. The lowest BCUT2D eigenvalue weighted by molar-refractivity contribution is -0.129. The van der Waals surface area contributed by atoms with E-state index in [1.54, 1.807) is 0 Å². The number of fused-ring (bicyclic) bond motifs is 5. The molecule has 116 valence electrons. The van der Waals surface area contributed by atoms with Crippen molar-refractivity contribution in [1.82, 2.24) is 0 Å². The van der Waals surface area contributed by atoms with Crippen molar-refractivity contribution in [3.05, 3.63) is 34.9 Å². The van der Waals surface area contributed by atoms with Gasteiger partial charge in [-0.15, -0.1) is 0 Å². The molecule has 1 aromatic carbocycles. The van der Waals surface area contributed by atoms with Crippen LogP contribution in [0.1, 0.15) is 66.4 Å². The monoisotopic (exact) mass is 297 g/mol. The van der Waals surface area contributed by atoms with Crippen molar-refractivity contribution in [2.75, 3.05) is 0 Å². The van der Waals surface area contributed by atoms with Gasteiger partial charge in [0.05, 0.1) is 0 Å². The maximum atomic E-state index is 12.3. The van der Waals surface area contributed by atoms with Crippen molar-refractivity contribution in [3.8, 4) is 0 Å². The van der Waals surface area contributed by atoms with E-state index in [1.807, 2.05) is 12.1 Å². The number of hydrogen-bond acceptors (Lipinski definition) is 2. The Balaban J connectivity index is 1.70. The van der Waals surface area contributed by atoms with E-state index in [2.05, 4.69) is 13.0 Å². The van der Waals surface area contributed by atoms with Gasteiger partial charge in [0.15, 0.2) is 0 Å². The van der Waals surface area contributed by atoms with Crippen LogP contribution in [0.4, 0.5) is 0 Å². The van der Waals surface area contributed by atoms with Crippen molar-refractivity contribution in [3.63, 3.8) is 0 Å². The van der Waals surface area contributed by atoms with Gasteiger partial charge in [0.1, 0.15) is 5.78 Å². The highest BCUT2D eigenvalue weighted by molar-refractivity contribution is 5.93. The molecule has 0 heterocycles. The van der Waals surface area contributed by atoms with E-state index >= 15 is 0 Å². The topological polar surface area (TPSA) is 60.2 Å². The number of Topliss-reactive ketones (excluding diaryl/α,β-unsaturated/α-hetero) is 1. The fourth-order valence-electron chi connectivity index (χ4n) is 5.51. The number of hydrogen-bond donors (Lipinski definition) is 1. The molecule has 1 aromatic rings. The van der Waals surface area contributed by atoms with Crippen molar-refractivity contribution in [2.45, 2.75) is 51.4 Å². The molecule has 0 aromatic heterocycles. The summed E-state index contributed by atoms with van der Waals surface area (Å²) in [6.45, 7) is 2.20. The van der Waals surface area contributed by atoms with Crippen molar-refractivity contribution in [1.29, 1.82) is 0 Å². The minimum absolute atomic E-state index is 0.0637. The fourth-order valence-corrected chi connectivity index (χ4v) is 5.51. The summed E-state index contributed by atoms with van der Waals surface area (Å²) in [4.78, 5) is 23.7. The van der Waals surface area contributed by atoms with E-state index in [9.17, 15) is 9.59 Å². The second-order valence-electron chi connectivity index (χ2n) is 7.61. The number of carbonyl (C=O) groups excluding carboxylic acids is 2. The van der Waals surface area contributed by atoms with Crippen LogP contribution in [0.15, 0.2) is 18.2 Å². The summed E-state index contributed by atoms with van der Waals surface area (Å²) in [5.41, 5.74) is 8.66. The summed E-state index contributed by atoms with van der Waals surface area (Å²) in [7, 11) is 0. The smallest absolute Gasteiger partial charge is 0.248 e. The third kappa shape index (κ3) is 1.81. The second-order valence-corrected chi connectivity index (χ2v) is 7.61. The molecule has 1 amide bonds. The molecular weight excluding hydrogens is 274 g/mol. The van der Waals surface area contributed by atoms with Crippen molar-refractivity contribution < 1.29 is 9.59 Å². The van der Waals surface area contributed by atoms with E-state index in [0.29, 0.717) is 29.1 Å². The first kappa shape index (κ1) is 14.0. The Hall–Kier alpha value is -1.64. The summed E-state index contributed by atoms with van der Waals surface area (Å²) in [5, 5.41) is 0. The van der Waals surface area contributed by atoms with Gasteiger partial charge in [-0.3, -0.25) is 9.59 Å². The average Bonchev–Trinajstić information content (AvgIpc) is 2.82. The summed E-state index contributed by atoms with van der Waals surface area (Å²) in [6.07, 6.45) is 6.13. The van der Waals surface area contributed by atoms with Crippen LogP contribution in [0.3, 0.4) is 0 Å². The lowest BCUT2D eigenvalue weighted by atomic mass is 9.55. The number of carbonyl (C=O) groups is 2. The Bertz CT molecular complexity index is 665. The molecule has 0 bridgehead atoms. The standard InChI is InChI=1S/C19H23NO2/c1-19-9-8-14-13-4-3-12(18(20)22)10-11(13)2-5-15(14)16(19)6-7-17(19)21/h3-4,10,14-16H,2,5-9H2,1H3,(H2,20,22)/t14-,15-,16+,19+/m0/s1. The minimum atomic E-state index is -0.345. The van der Waals surface area contributed by atoms with Crippen LogP contribution in [-0.4, -0.2) is 11.7 Å². The molecule has 3 nitrogen and oxygen atoms in total. The van der Waals surface area contributed by atoms with Gasteiger partial charge in [0.25, 0.3) is 0 Å². The van der Waals surface area contributed by atoms with Crippen LogP contribution in [-0.2, 0) is 11.2 Å². The van der Waals surface area contributed by atoms with E-state index in [1.165, 1.54) is 11.1 Å². The Morgan fingerprint density at radius 2 is 2.05 bits per heavy atom. The van der Waals surface area contributed by atoms with Gasteiger partial charge in [-0.05, 0) is 73.1 Å². The third-order valence-electron chi connectivity index (χ3n) is 6.72. The highest BCUT2D eigenvalue weighted by atomic mass is 16.1. The van der Waals surface area contributed by atoms with Crippen LogP contribution in [0.5, 0.6) is 0 Å². The first-order valence-corrected chi connectivity index (χ1v) is 8.46. The number of aryl methyl sites for hydroxylation is 1. The van der Waals surface area contributed by atoms with Gasteiger partial charge >= 0.3 is 0 Å². The first-order chi connectivity index (χ1) is 10.5. The zero-order chi connectivity index (χ0) is 15.5. The van der Waals surface area contributed by atoms with Gasteiger partial charge < -0.3 is 5.73 Å². The molecular formula is C19H23NO2. The van der Waals surface area contributed by atoms with Gasteiger partial charge in [-0.2, -0.15) is 0 Å². The molecule has 4 rings (SSSR count). The summed E-state index contributed by atoms with van der Waals surface area (Å²) in [6, 6.07) is 5.98. The quantitative estimate of drug-likeness (QED) is 0.865. The predicted molar refractivity (Wildman–Crippen MR) is 84.6 cm³/mol. The van der Waals surface area contributed by atoms with Gasteiger partial charge in [0, 0.05) is 17.4 Å². The Morgan fingerprint density at radius 1 is 1.23 bits per heavy atom. The average molecular weight is 297 g/mol. The Kier molecular flexibility index (Phi) is 2.97. The molecule has 0 aliphatic heterocycles. The summed E-state index contributed by atoms with van der Waals surface area (Å²) in [5.74, 6) is 1.91. The SMILES string of the molecule is C[C@@]12CC[C@H]3c4ccc(C(N)=O)cc4CC[C@@H]3[C@H]1CCC2=O. The van der Waals surface area contributed by atoms with E-state index in [4.69, 9.17) is 5.73 Å². The van der Waals surface area contributed by atoms with Crippen molar-refractivity contribution in [2.24, 2.45) is 23.0 Å². The molecule has 3 aliphatic carbocycles. The maximum Gasteiger partial charge on any atom is 0.248 e. The van der Waals surface area contributed by atoms with E-state index in [-0.39, 0.29) is 11.3 Å². The molecule has 22 heavy (non-hydrogen) atoms. The molecule has 0 spiro atoms. The van der Waals surface area contributed by atoms with Gasteiger partial charge in [0.2, 0.25) is 5.91 Å². The van der Waals surface area contributed by atoms with Gasteiger partial charge in [-0.25, -0.2) is 0 Å². The first-order valence-electron chi connectivity index (χ1n) is 8.46. The zero-order valence-corrected chi connectivity index (χ0v) is 13.1. The minimum Gasteiger partial charge on any atom is -0.366 e. The van der Waals surface area contributed by atoms with Crippen LogP contribution in [0, 0.1) is 17.3 Å². The molecule has 2 fully saturated rings. The lowest BCUT2D eigenvalue weighted by Crippen LogP contribution is -2.42. The molecule has 2 N–H and O–H groups in total. The highest BCUT2D eigenvalue weighted by Gasteiger charge is 2.54. The number of amides is 1. The highest BCUT2D eigenvalue weighted by Crippen LogP contribution is 2.59. The predicted octanol–water partition coefficient (Wildman–Crippen LogP) is 3.21. The second kappa shape index (κ2) is 4.68. The lowest BCUT2D eigenvalue weighted by Gasteiger charge is -2.48. The Labute approximate surface area is 131 Å². The molecule has 3 heteroatoms. The number of primary amides is 1. The van der Waals surface area contributed by atoms with Crippen LogP contribution in [0.25, 0.3) is 0 Å². The van der Waals surface area contributed by atoms with E-state index in [0.717, 1.165) is 38.5 Å². The molecule has 4 atom stereocenters. The van der Waals surface area contributed by atoms with Gasteiger partial charge in [-0.1, -0.05) is 13.0 Å². The largest absolute Gasteiger partial charge is 0.366 e. The maximum absolute atomic E-state index is 12.3. The zero-order valence-electron chi connectivity index (χ0n) is 13.1. The molecule has 2 saturated carbocycles. The molecule has 0 saturated heterocycles. The van der Waals surface area contributed by atoms with Crippen LogP contribution < -0.4 is 5.73 Å². The molecule has 3 aliphatic rings. The van der Waals surface area contributed by atoms with E-state index < -0.39 is 0 Å². The number of nitrogens with two attached hydrogens (primary N) is 1. The third-order valence-corrected chi connectivity index (χ3v) is 6.72. The summed E-state index contributed by atoms with van der Waals surface area (Å²) >= 11 is 0. The molecule has 0 radical (unpaired) electrons. The van der Waals surface area contributed by atoms with Crippen LogP contribution >= 0.6 is 0 Å². The number of benzene rings is 1. The van der Waals surface area contributed by atoms with Crippen molar-refractivity contribution >= 4 is 11.7 Å². The Morgan fingerprint density at radius 3 is 2.82 bits per heavy atom.